The molecule has 2 aromatic heterocycles. The van der Waals surface area contributed by atoms with Crippen LogP contribution in [0.15, 0.2) is 22.0 Å². The second-order valence-corrected chi connectivity index (χ2v) is 8.07. The Morgan fingerprint density at radius 2 is 2.40 bits per heavy atom. The zero-order valence-corrected chi connectivity index (χ0v) is 14.1. The van der Waals surface area contributed by atoms with Crippen molar-refractivity contribution in [1.82, 2.24) is 4.90 Å². The Morgan fingerprint density at radius 1 is 1.60 bits per heavy atom. The monoisotopic (exact) mass is 371 g/mol. The number of carboxylic acid groups (broad SMARTS) is 1. The van der Waals surface area contributed by atoms with Crippen LogP contribution in [0.5, 0.6) is 0 Å². The minimum Gasteiger partial charge on any atom is -0.480 e. The van der Waals surface area contributed by atoms with E-state index in [4.69, 9.17) is 0 Å². The molecule has 3 rings (SSSR count). The van der Waals surface area contributed by atoms with E-state index in [1.807, 2.05) is 11.4 Å². The number of rotatable bonds is 3. The maximum atomic E-state index is 11.6. The lowest BCUT2D eigenvalue weighted by molar-refractivity contribution is -0.144. The normalized spacial score (nSPS) is 19.0. The number of halogens is 1. The van der Waals surface area contributed by atoms with Gasteiger partial charge in [0, 0.05) is 32.2 Å². The molecule has 0 bridgehead atoms. The van der Waals surface area contributed by atoms with E-state index in [1.165, 1.54) is 14.6 Å². The molecule has 0 aromatic carbocycles. The predicted octanol–water partition coefficient (Wildman–Crippen LogP) is 4.06. The molecule has 0 saturated heterocycles. The summed E-state index contributed by atoms with van der Waals surface area (Å²) in [5.41, 5.74) is 0.973. The number of aryl methyl sites for hydroxylation is 1. The number of nitrogens with zero attached hydrogens (tertiary/aromatic N) is 1. The zero-order chi connectivity index (χ0) is 14.3. The number of hydrogen-bond donors (Lipinski definition) is 1. The maximum absolute atomic E-state index is 11.6. The number of fused-ring (bicyclic) bond motifs is 1. The van der Waals surface area contributed by atoms with Crippen LogP contribution < -0.4 is 0 Å². The molecule has 1 N–H and O–H groups in total. The average Bonchev–Trinajstić information content (AvgIpc) is 2.96. The Balaban J connectivity index is 1.87. The summed E-state index contributed by atoms with van der Waals surface area (Å²) in [6.45, 7) is 3.57. The summed E-state index contributed by atoms with van der Waals surface area (Å²) >= 11 is 6.91. The predicted molar refractivity (Wildman–Crippen MR) is 85.6 cm³/mol. The van der Waals surface area contributed by atoms with Crippen LogP contribution >= 0.6 is 38.6 Å². The fourth-order valence-electron chi connectivity index (χ4n) is 2.62. The summed E-state index contributed by atoms with van der Waals surface area (Å²) in [6, 6.07) is 3.55. The Hall–Kier alpha value is -0.690. The SMILES string of the molecule is Cc1sc(CN2CCc3sccc3C2C(=O)O)cc1Br. The number of hydrogen-bond acceptors (Lipinski definition) is 4. The van der Waals surface area contributed by atoms with E-state index in [0.29, 0.717) is 6.54 Å². The highest BCUT2D eigenvalue weighted by atomic mass is 79.9. The first-order chi connectivity index (χ1) is 9.56. The Morgan fingerprint density at radius 3 is 3.05 bits per heavy atom. The van der Waals surface area contributed by atoms with E-state index in [2.05, 4.69) is 33.8 Å². The lowest BCUT2D eigenvalue weighted by atomic mass is 10.00. The fourth-order valence-corrected chi connectivity index (χ4v) is 5.16. The molecule has 0 fully saturated rings. The molecule has 0 spiro atoms. The first-order valence-electron chi connectivity index (χ1n) is 6.34. The van der Waals surface area contributed by atoms with Gasteiger partial charge in [-0.25, -0.2) is 0 Å². The minimum atomic E-state index is -0.753. The van der Waals surface area contributed by atoms with Gasteiger partial charge in [0.2, 0.25) is 0 Å². The number of aliphatic carboxylic acids is 1. The van der Waals surface area contributed by atoms with Gasteiger partial charge in [0.25, 0.3) is 0 Å². The molecule has 0 saturated carbocycles. The van der Waals surface area contributed by atoms with E-state index >= 15 is 0 Å². The molecule has 6 heteroatoms. The molecular weight excluding hydrogens is 358 g/mol. The van der Waals surface area contributed by atoms with Crippen molar-refractivity contribution in [3.8, 4) is 0 Å². The molecule has 1 aliphatic heterocycles. The standard InChI is InChI=1S/C14H14BrNO2S2/c1-8-11(15)6-9(20-8)7-16-4-2-12-10(3-5-19-12)13(16)14(17)18/h3,5-6,13H,2,4,7H2,1H3,(H,17,18). The third-order valence-corrected chi connectivity index (χ3v) is 6.68. The zero-order valence-electron chi connectivity index (χ0n) is 10.9. The Kier molecular flexibility index (Phi) is 3.99. The van der Waals surface area contributed by atoms with Crippen molar-refractivity contribution in [3.63, 3.8) is 0 Å². The molecule has 1 atom stereocenters. The summed E-state index contributed by atoms with van der Waals surface area (Å²) < 4.78 is 1.11. The highest BCUT2D eigenvalue weighted by Crippen LogP contribution is 2.36. The number of carbonyl (C=O) groups is 1. The van der Waals surface area contributed by atoms with Gasteiger partial charge in [-0.2, -0.15) is 0 Å². The van der Waals surface area contributed by atoms with E-state index in [1.54, 1.807) is 22.7 Å². The van der Waals surface area contributed by atoms with Crippen LogP contribution in [-0.2, 0) is 17.8 Å². The van der Waals surface area contributed by atoms with Crippen LogP contribution in [0.25, 0.3) is 0 Å². The summed E-state index contributed by atoms with van der Waals surface area (Å²) in [4.78, 5) is 17.4. The third-order valence-electron chi connectivity index (χ3n) is 3.57. The van der Waals surface area contributed by atoms with Crippen LogP contribution in [-0.4, -0.2) is 22.5 Å². The van der Waals surface area contributed by atoms with Gasteiger partial charge in [0.05, 0.1) is 0 Å². The first kappa shape index (κ1) is 14.3. The maximum Gasteiger partial charge on any atom is 0.325 e. The topological polar surface area (TPSA) is 40.5 Å². The van der Waals surface area contributed by atoms with Crippen LogP contribution in [0.2, 0.25) is 0 Å². The molecular formula is C14H14BrNO2S2. The van der Waals surface area contributed by atoms with Gasteiger partial charge >= 0.3 is 5.97 Å². The third kappa shape index (κ3) is 2.57. The highest BCUT2D eigenvalue weighted by molar-refractivity contribution is 9.10. The average molecular weight is 372 g/mol. The molecule has 3 heterocycles. The second kappa shape index (κ2) is 5.60. The smallest absolute Gasteiger partial charge is 0.325 e. The lowest BCUT2D eigenvalue weighted by Gasteiger charge is -2.32. The van der Waals surface area contributed by atoms with Gasteiger partial charge in [-0.1, -0.05) is 0 Å². The highest BCUT2D eigenvalue weighted by Gasteiger charge is 2.33. The van der Waals surface area contributed by atoms with Gasteiger partial charge in [-0.05, 0) is 52.4 Å². The van der Waals surface area contributed by atoms with Crippen LogP contribution in [0.3, 0.4) is 0 Å². The molecule has 2 aromatic rings. The minimum absolute atomic E-state index is 0.508. The number of thiophene rings is 2. The Bertz CT molecular complexity index is 630. The van der Waals surface area contributed by atoms with Crippen molar-refractivity contribution in [2.75, 3.05) is 6.54 Å². The van der Waals surface area contributed by atoms with Crippen molar-refractivity contribution in [1.29, 1.82) is 0 Å². The van der Waals surface area contributed by atoms with Crippen molar-refractivity contribution >= 4 is 44.6 Å². The fraction of sp³-hybridized carbons (Fsp3) is 0.357. The Labute approximate surface area is 134 Å². The second-order valence-electron chi connectivity index (χ2n) is 4.88. The van der Waals surface area contributed by atoms with Crippen molar-refractivity contribution in [2.24, 2.45) is 0 Å². The summed E-state index contributed by atoms with van der Waals surface area (Å²) in [6.07, 6.45) is 0.947. The van der Waals surface area contributed by atoms with E-state index < -0.39 is 12.0 Å². The van der Waals surface area contributed by atoms with Gasteiger partial charge in [-0.15, -0.1) is 22.7 Å². The van der Waals surface area contributed by atoms with Gasteiger partial charge < -0.3 is 5.11 Å². The molecule has 20 heavy (non-hydrogen) atoms. The quantitative estimate of drug-likeness (QED) is 0.883. The molecule has 1 unspecified atom stereocenters. The molecule has 0 aliphatic carbocycles. The molecule has 0 radical (unpaired) electrons. The van der Waals surface area contributed by atoms with Crippen molar-refractivity contribution in [2.45, 2.75) is 25.9 Å². The van der Waals surface area contributed by atoms with Crippen LogP contribution in [0.4, 0.5) is 0 Å². The van der Waals surface area contributed by atoms with Gasteiger partial charge in [-0.3, -0.25) is 9.69 Å². The van der Waals surface area contributed by atoms with E-state index in [-0.39, 0.29) is 0 Å². The summed E-state index contributed by atoms with van der Waals surface area (Å²) in [7, 11) is 0. The van der Waals surface area contributed by atoms with Gasteiger partial charge in [0.15, 0.2) is 0 Å². The molecule has 106 valence electrons. The van der Waals surface area contributed by atoms with Crippen molar-refractivity contribution < 1.29 is 9.90 Å². The molecule has 1 aliphatic rings. The van der Waals surface area contributed by atoms with E-state index in [9.17, 15) is 9.90 Å². The van der Waals surface area contributed by atoms with Crippen molar-refractivity contribution in [3.05, 3.63) is 42.2 Å². The van der Waals surface area contributed by atoms with Crippen LogP contribution in [0.1, 0.15) is 26.2 Å². The first-order valence-corrected chi connectivity index (χ1v) is 8.83. The summed E-state index contributed by atoms with van der Waals surface area (Å²) in [5.74, 6) is -0.753. The summed E-state index contributed by atoms with van der Waals surface area (Å²) in [5, 5.41) is 11.6. The molecule has 3 nitrogen and oxygen atoms in total. The van der Waals surface area contributed by atoms with Gasteiger partial charge in [0.1, 0.15) is 6.04 Å². The largest absolute Gasteiger partial charge is 0.480 e. The van der Waals surface area contributed by atoms with E-state index in [0.717, 1.165) is 23.0 Å². The molecule has 0 amide bonds. The number of carboxylic acids is 1. The lowest BCUT2D eigenvalue weighted by Crippen LogP contribution is -2.38. The van der Waals surface area contributed by atoms with Crippen LogP contribution in [0, 0.1) is 6.92 Å².